The molecule has 8 heteroatoms. The van der Waals surface area contributed by atoms with Gasteiger partial charge in [-0.3, -0.25) is 9.69 Å². The summed E-state index contributed by atoms with van der Waals surface area (Å²) in [6, 6.07) is 7.33. The Morgan fingerprint density at radius 2 is 1.91 bits per heavy atom. The number of aliphatic hydroxyl groups excluding tert-OH is 1. The molecule has 0 spiro atoms. The lowest BCUT2D eigenvalue weighted by Crippen LogP contribution is -2.46. The number of carbonyl (C=O) groups excluding carboxylic acids is 1. The quantitative estimate of drug-likeness (QED) is 0.0983. The SMILES string of the molecule is CCCCC1OC1C1N(Cc2ccc(Cl)cc2)C(=O)OC1(C)/C=C/C=C(\C)CC(C)/C=C/CC(C)CCC(O)CC(=O)O. The normalized spacial score (nSPS) is 26.2. The van der Waals surface area contributed by atoms with Crippen LogP contribution in [0.25, 0.3) is 0 Å². The van der Waals surface area contributed by atoms with Crippen LogP contribution in [-0.2, 0) is 20.8 Å². The Kier molecular flexibility index (Phi) is 13.3. The zero-order valence-corrected chi connectivity index (χ0v) is 27.1. The number of benzene rings is 1. The smallest absolute Gasteiger partial charge is 0.411 e. The van der Waals surface area contributed by atoms with E-state index in [1.807, 2.05) is 48.2 Å². The highest BCUT2D eigenvalue weighted by molar-refractivity contribution is 6.30. The van der Waals surface area contributed by atoms with Crippen LogP contribution >= 0.6 is 11.6 Å². The van der Waals surface area contributed by atoms with Gasteiger partial charge in [0.25, 0.3) is 0 Å². The Labute approximate surface area is 262 Å². The monoisotopic (exact) mass is 615 g/mol. The first-order valence-electron chi connectivity index (χ1n) is 15.7. The summed E-state index contributed by atoms with van der Waals surface area (Å²) in [6.45, 7) is 11.0. The van der Waals surface area contributed by atoms with E-state index < -0.39 is 17.7 Å². The van der Waals surface area contributed by atoms with Crippen molar-refractivity contribution in [1.82, 2.24) is 4.90 Å². The predicted octanol–water partition coefficient (Wildman–Crippen LogP) is 8.10. The van der Waals surface area contributed by atoms with E-state index in [1.54, 1.807) is 0 Å². The maximum Gasteiger partial charge on any atom is 0.411 e. The number of ether oxygens (including phenoxy) is 2. The summed E-state index contributed by atoms with van der Waals surface area (Å²) in [4.78, 5) is 25.7. The topological polar surface area (TPSA) is 99.6 Å². The minimum absolute atomic E-state index is 0.0574. The molecule has 0 aliphatic carbocycles. The second-order valence-corrected chi connectivity index (χ2v) is 13.1. The van der Waals surface area contributed by atoms with Gasteiger partial charge in [-0.1, -0.05) is 87.2 Å². The standard InChI is InChI=1S/C35H50ClNO6/c1-6-7-13-30-32(42-30)33-35(5,43-34(41)37(33)23-27-15-17-28(36)18-16-27)20-9-12-26(4)21-25(3)11-8-10-24(2)14-19-29(38)22-31(39)40/h8-9,11-12,15-18,20,24-25,29-30,32-33,38H,6-7,10,13-14,19,21-23H2,1-5H3,(H,39,40)/b11-8+,20-9+,26-12+. The van der Waals surface area contributed by atoms with Crippen molar-refractivity contribution < 1.29 is 29.3 Å². The van der Waals surface area contributed by atoms with Gasteiger partial charge in [-0.2, -0.15) is 0 Å². The largest absolute Gasteiger partial charge is 0.481 e. The number of cyclic esters (lactones) is 1. The fourth-order valence-electron chi connectivity index (χ4n) is 5.88. The second kappa shape index (κ2) is 16.5. The molecule has 7 nitrogen and oxygen atoms in total. The molecule has 7 atom stereocenters. The number of hydrogen-bond acceptors (Lipinski definition) is 5. The third kappa shape index (κ3) is 11.1. The van der Waals surface area contributed by atoms with Crippen molar-refractivity contribution in [3.63, 3.8) is 0 Å². The number of carbonyl (C=O) groups is 2. The molecule has 1 aromatic carbocycles. The minimum Gasteiger partial charge on any atom is -0.481 e. The maximum atomic E-state index is 13.2. The number of allylic oxidation sites excluding steroid dienone is 5. The number of carboxylic acid groups (broad SMARTS) is 1. The Morgan fingerprint density at radius 1 is 1.19 bits per heavy atom. The van der Waals surface area contributed by atoms with Gasteiger partial charge in [0, 0.05) is 11.6 Å². The van der Waals surface area contributed by atoms with Gasteiger partial charge in [-0.05, 0) is 81.6 Å². The predicted molar refractivity (Wildman–Crippen MR) is 171 cm³/mol. The Bertz CT molecular complexity index is 1150. The molecule has 2 aliphatic heterocycles. The lowest BCUT2D eigenvalue weighted by atomic mass is 9.90. The van der Waals surface area contributed by atoms with E-state index in [4.69, 9.17) is 26.2 Å². The van der Waals surface area contributed by atoms with Crippen molar-refractivity contribution >= 4 is 23.7 Å². The molecule has 1 amide bonds. The van der Waals surface area contributed by atoms with Crippen LogP contribution in [0.5, 0.6) is 0 Å². The van der Waals surface area contributed by atoms with E-state index in [0.29, 0.717) is 29.8 Å². The molecule has 7 unspecified atom stereocenters. The molecule has 3 rings (SSSR count). The average Bonchev–Trinajstić information content (AvgIpc) is 3.64. The molecule has 0 aromatic heterocycles. The van der Waals surface area contributed by atoms with E-state index >= 15 is 0 Å². The number of epoxide rings is 1. The van der Waals surface area contributed by atoms with Crippen molar-refractivity contribution in [2.24, 2.45) is 11.8 Å². The summed E-state index contributed by atoms with van der Waals surface area (Å²) in [5, 5.41) is 19.2. The first kappa shape index (κ1) is 34.9. The highest BCUT2D eigenvalue weighted by atomic mass is 35.5. The number of amides is 1. The number of aliphatic carboxylic acids is 1. The summed E-state index contributed by atoms with van der Waals surface area (Å²) in [5.41, 5.74) is 1.41. The van der Waals surface area contributed by atoms with Crippen molar-refractivity contribution in [3.05, 3.63) is 70.8 Å². The summed E-state index contributed by atoms with van der Waals surface area (Å²) >= 11 is 6.08. The minimum atomic E-state index is -0.963. The van der Waals surface area contributed by atoms with E-state index in [1.165, 1.54) is 5.57 Å². The number of aliphatic hydroxyl groups is 1. The lowest BCUT2D eigenvalue weighted by molar-refractivity contribution is -0.139. The van der Waals surface area contributed by atoms with Gasteiger partial charge in [0.2, 0.25) is 0 Å². The molecule has 2 fully saturated rings. The zero-order valence-electron chi connectivity index (χ0n) is 26.4. The molecule has 238 valence electrons. The fraction of sp³-hybridized carbons (Fsp3) is 0.600. The number of unbranched alkanes of at least 4 members (excludes halogenated alkanes) is 1. The van der Waals surface area contributed by atoms with E-state index in [-0.39, 0.29) is 30.8 Å². The highest BCUT2D eigenvalue weighted by Gasteiger charge is 2.60. The molecular weight excluding hydrogens is 566 g/mol. The molecule has 2 aliphatic rings. The van der Waals surface area contributed by atoms with Gasteiger partial charge in [0.05, 0.1) is 18.6 Å². The molecule has 2 saturated heterocycles. The number of halogens is 1. The third-order valence-electron chi connectivity index (χ3n) is 8.36. The number of carboxylic acids is 1. The number of hydrogen-bond donors (Lipinski definition) is 2. The van der Waals surface area contributed by atoms with Crippen molar-refractivity contribution in [1.29, 1.82) is 0 Å². The van der Waals surface area contributed by atoms with Crippen LogP contribution in [0.15, 0.2) is 60.2 Å². The molecule has 2 N–H and O–H groups in total. The first-order valence-corrected chi connectivity index (χ1v) is 16.1. The van der Waals surface area contributed by atoms with Gasteiger partial charge in [-0.25, -0.2) is 4.79 Å². The van der Waals surface area contributed by atoms with Gasteiger partial charge in [-0.15, -0.1) is 0 Å². The molecule has 0 radical (unpaired) electrons. The summed E-state index contributed by atoms with van der Waals surface area (Å²) in [5.74, 6) is -0.226. The highest BCUT2D eigenvalue weighted by Crippen LogP contribution is 2.43. The van der Waals surface area contributed by atoms with Crippen molar-refractivity contribution in [2.45, 2.75) is 122 Å². The summed E-state index contributed by atoms with van der Waals surface area (Å²) in [7, 11) is 0. The molecule has 0 bridgehead atoms. The first-order chi connectivity index (χ1) is 20.4. The Morgan fingerprint density at radius 3 is 2.58 bits per heavy atom. The van der Waals surface area contributed by atoms with Crippen LogP contribution in [0.2, 0.25) is 5.02 Å². The van der Waals surface area contributed by atoms with Gasteiger partial charge in [0.1, 0.15) is 12.1 Å². The van der Waals surface area contributed by atoms with Crippen molar-refractivity contribution in [3.8, 4) is 0 Å². The number of rotatable bonds is 18. The Balaban J connectivity index is 1.58. The van der Waals surface area contributed by atoms with Crippen LogP contribution in [0.3, 0.4) is 0 Å². The van der Waals surface area contributed by atoms with Gasteiger partial charge >= 0.3 is 12.1 Å². The van der Waals surface area contributed by atoms with Gasteiger partial charge in [0.15, 0.2) is 5.60 Å². The van der Waals surface area contributed by atoms with E-state index in [2.05, 4.69) is 45.9 Å². The van der Waals surface area contributed by atoms with Crippen LogP contribution in [0.4, 0.5) is 4.79 Å². The lowest BCUT2D eigenvalue weighted by Gasteiger charge is -2.28. The van der Waals surface area contributed by atoms with Crippen molar-refractivity contribution in [2.75, 3.05) is 0 Å². The average molecular weight is 616 g/mol. The van der Waals surface area contributed by atoms with Crippen LogP contribution in [0, 0.1) is 11.8 Å². The number of nitrogens with zero attached hydrogens (tertiary/aromatic N) is 1. The molecule has 2 heterocycles. The Hall–Kier alpha value is -2.61. The third-order valence-corrected chi connectivity index (χ3v) is 8.62. The summed E-state index contributed by atoms with van der Waals surface area (Å²) < 4.78 is 12.1. The molecule has 43 heavy (non-hydrogen) atoms. The van der Waals surface area contributed by atoms with Crippen LogP contribution in [0.1, 0.15) is 91.5 Å². The van der Waals surface area contributed by atoms with Gasteiger partial charge < -0.3 is 19.7 Å². The van der Waals surface area contributed by atoms with Crippen LogP contribution in [-0.4, -0.2) is 57.1 Å². The second-order valence-electron chi connectivity index (χ2n) is 12.7. The van der Waals surface area contributed by atoms with E-state index in [0.717, 1.165) is 44.1 Å². The molecule has 0 saturated carbocycles. The fourth-order valence-corrected chi connectivity index (χ4v) is 6.00. The summed E-state index contributed by atoms with van der Waals surface area (Å²) in [6.07, 6.45) is 15.6. The molecular formula is C35H50ClNO6. The molecule has 1 aromatic rings. The zero-order chi connectivity index (χ0) is 31.6. The van der Waals surface area contributed by atoms with Crippen LogP contribution < -0.4 is 0 Å². The maximum absolute atomic E-state index is 13.2. The van der Waals surface area contributed by atoms with E-state index in [9.17, 15) is 14.7 Å².